The molecule has 124 valence electrons. The maximum atomic E-state index is 11.7. The van der Waals surface area contributed by atoms with Crippen molar-refractivity contribution in [3.05, 3.63) is 35.2 Å². The summed E-state index contributed by atoms with van der Waals surface area (Å²) in [4.78, 5) is 1.48. The Morgan fingerprint density at radius 1 is 1.39 bits per heavy atom. The molecule has 0 saturated carbocycles. The van der Waals surface area contributed by atoms with Crippen molar-refractivity contribution < 1.29 is 17.7 Å². The van der Waals surface area contributed by atoms with Crippen LogP contribution in [-0.4, -0.2) is 42.3 Å². The van der Waals surface area contributed by atoms with E-state index in [0.717, 1.165) is 17.0 Å². The predicted molar refractivity (Wildman–Crippen MR) is 89.3 cm³/mol. The summed E-state index contributed by atoms with van der Waals surface area (Å²) in [6.07, 6.45) is 0.697. The number of nitrogens with zero attached hydrogens (tertiary/aromatic N) is 2. The van der Waals surface area contributed by atoms with Crippen molar-refractivity contribution in [1.29, 1.82) is 0 Å². The van der Waals surface area contributed by atoms with E-state index in [9.17, 15) is 8.42 Å². The first-order valence-electron chi connectivity index (χ1n) is 7.67. The minimum atomic E-state index is -2.89. The van der Waals surface area contributed by atoms with Crippen LogP contribution < -0.4 is 4.90 Å². The first-order chi connectivity index (χ1) is 11.0. The number of aromatic nitrogens is 2. The topological polar surface area (TPSA) is 69.5 Å². The minimum Gasteiger partial charge on any atom is -0.409 e. The highest BCUT2D eigenvalue weighted by atomic mass is 32.2. The van der Waals surface area contributed by atoms with Gasteiger partial charge in [0, 0.05) is 12.0 Å². The van der Waals surface area contributed by atoms with Gasteiger partial charge in [-0.05, 0) is 31.3 Å². The van der Waals surface area contributed by atoms with Gasteiger partial charge in [0.15, 0.2) is 16.5 Å². The molecule has 1 N–H and O–H groups in total. The number of hydrogen-bond acceptors (Lipinski definition) is 5. The van der Waals surface area contributed by atoms with Crippen molar-refractivity contribution in [1.82, 2.24) is 9.78 Å². The van der Waals surface area contributed by atoms with Gasteiger partial charge in [-0.1, -0.05) is 18.2 Å². The molecule has 2 heterocycles. The molecule has 0 amide bonds. The zero-order valence-electron chi connectivity index (χ0n) is 12.9. The summed E-state index contributed by atoms with van der Waals surface area (Å²) in [6, 6.07) is 9.69. The molecule has 0 bridgehead atoms. The second-order valence-corrected chi connectivity index (χ2v) is 8.39. The first-order valence-corrected chi connectivity index (χ1v) is 9.90. The molecular weight excluding hydrogens is 334 g/mol. The molecule has 0 aliphatic carbocycles. The molecule has 0 radical (unpaired) electrons. The fourth-order valence-electron chi connectivity index (χ4n) is 2.94. The third-order valence-electron chi connectivity index (χ3n) is 4.24. The zero-order chi connectivity index (χ0) is 16.4. The number of hydrogen-bond donors (Lipinski definition) is 1. The van der Waals surface area contributed by atoms with E-state index < -0.39 is 9.84 Å². The monoisotopic (exact) mass is 354 g/mol. The molecule has 23 heavy (non-hydrogen) atoms. The number of benzene rings is 1. The van der Waals surface area contributed by atoms with Crippen LogP contribution in [0.1, 0.15) is 13.3 Å². The van der Waals surface area contributed by atoms with E-state index in [1.54, 1.807) is 4.68 Å². The average molecular weight is 354 g/mol. The van der Waals surface area contributed by atoms with Crippen molar-refractivity contribution in [3.63, 3.8) is 0 Å². The third kappa shape index (κ3) is 3.70. The van der Waals surface area contributed by atoms with Crippen LogP contribution in [0.15, 0.2) is 34.7 Å². The molecule has 1 aliphatic rings. The highest BCUT2D eigenvalue weighted by molar-refractivity contribution is 7.91. The summed E-state index contributed by atoms with van der Waals surface area (Å²) in [5, 5.41) is 4.45. The molecule has 0 spiro atoms. The molecule has 6 nitrogen and oxygen atoms in total. The molecule has 1 fully saturated rings. The van der Waals surface area contributed by atoms with Gasteiger partial charge in [0.2, 0.25) is 5.89 Å². The maximum Gasteiger partial charge on any atom is 0.292 e. The highest BCUT2D eigenvalue weighted by Crippen LogP contribution is 2.16. The largest absolute Gasteiger partial charge is 0.409 e. The van der Waals surface area contributed by atoms with Gasteiger partial charge >= 0.3 is 0 Å². The number of rotatable bonds is 5. The van der Waals surface area contributed by atoms with Gasteiger partial charge < -0.3 is 9.32 Å². The Bertz CT molecular complexity index is 827. The van der Waals surface area contributed by atoms with Gasteiger partial charge in [0.25, 0.3) is 4.84 Å². The summed E-state index contributed by atoms with van der Waals surface area (Å²) in [5.74, 6) is 1.01. The van der Waals surface area contributed by atoms with E-state index in [1.165, 1.54) is 0 Å². The zero-order valence-corrected chi connectivity index (χ0v) is 14.6. The van der Waals surface area contributed by atoms with Crippen molar-refractivity contribution in [2.75, 3.05) is 18.1 Å². The lowest BCUT2D eigenvalue weighted by Gasteiger charge is -2.22. The molecule has 1 saturated heterocycles. The molecule has 1 aliphatic heterocycles. The Hall–Kier alpha value is -1.51. The maximum absolute atomic E-state index is 11.7. The second kappa shape index (κ2) is 6.54. The van der Waals surface area contributed by atoms with Crippen molar-refractivity contribution in [2.24, 2.45) is 0 Å². The molecule has 2 atom stereocenters. The lowest BCUT2D eigenvalue weighted by atomic mass is 10.2. The van der Waals surface area contributed by atoms with Crippen LogP contribution in [-0.2, 0) is 16.5 Å². The van der Waals surface area contributed by atoms with Gasteiger partial charge in [0.05, 0.1) is 12.3 Å². The Kier molecular flexibility index (Phi) is 4.65. The minimum absolute atomic E-state index is 0.101. The van der Waals surface area contributed by atoms with Crippen molar-refractivity contribution in [2.45, 2.75) is 26.1 Å². The lowest BCUT2D eigenvalue weighted by molar-refractivity contribution is -0.943. The Labute approximate surface area is 140 Å². The molecule has 2 aromatic rings. The smallest absolute Gasteiger partial charge is 0.292 e. The van der Waals surface area contributed by atoms with Crippen molar-refractivity contribution in [3.8, 4) is 11.5 Å². The van der Waals surface area contributed by atoms with Gasteiger partial charge in [-0.15, -0.1) is 5.10 Å². The molecule has 3 rings (SSSR count). The first kappa shape index (κ1) is 16.4. The Morgan fingerprint density at radius 2 is 2.13 bits per heavy atom. The van der Waals surface area contributed by atoms with E-state index >= 15 is 0 Å². The van der Waals surface area contributed by atoms with Crippen LogP contribution in [0.2, 0.25) is 0 Å². The van der Waals surface area contributed by atoms with Gasteiger partial charge in [-0.2, -0.15) is 4.68 Å². The number of sulfone groups is 1. The molecular formula is C15H20N3O3S2+. The molecule has 1 aromatic heterocycles. The van der Waals surface area contributed by atoms with E-state index in [0.29, 0.717) is 23.8 Å². The summed E-state index contributed by atoms with van der Waals surface area (Å²) in [6.45, 7) is 3.38. The van der Waals surface area contributed by atoms with Crippen LogP contribution in [0.4, 0.5) is 0 Å². The Balaban J connectivity index is 1.80. The SMILES string of the molecule is CC[NH+](Cn1nc(-c2ccccc2)oc1=S)[C@@H]1CCS(=O)(=O)C1. The fraction of sp³-hybridized carbons (Fsp3) is 0.467. The quantitative estimate of drug-likeness (QED) is 0.809. The van der Waals surface area contributed by atoms with Crippen LogP contribution >= 0.6 is 12.2 Å². The van der Waals surface area contributed by atoms with E-state index in [-0.39, 0.29) is 17.5 Å². The summed E-state index contributed by atoms with van der Waals surface area (Å²) in [7, 11) is -2.89. The van der Waals surface area contributed by atoms with Crippen molar-refractivity contribution >= 4 is 22.1 Å². The Morgan fingerprint density at radius 3 is 2.74 bits per heavy atom. The predicted octanol–water partition coefficient (Wildman–Crippen LogP) is 0.922. The van der Waals surface area contributed by atoms with E-state index in [1.807, 2.05) is 37.3 Å². The number of quaternary nitrogens is 1. The van der Waals surface area contributed by atoms with Gasteiger partial charge in [0.1, 0.15) is 11.8 Å². The normalized spacial score (nSPS) is 21.3. The number of nitrogens with one attached hydrogen (secondary N) is 1. The average Bonchev–Trinajstić information content (AvgIpc) is 3.08. The lowest BCUT2D eigenvalue weighted by Crippen LogP contribution is -3.15. The summed E-state index contributed by atoms with van der Waals surface area (Å²) in [5.41, 5.74) is 0.874. The highest BCUT2D eigenvalue weighted by Gasteiger charge is 2.35. The van der Waals surface area contributed by atoms with Crippen LogP contribution in [0, 0.1) is 4.84 Å². The molecule has 1 aromatic carbocycles. The van der Waals surface area contributed by atoms with E-state index in [4.69, 9.17) is 16.6 Å². The van der Waals surface area contributed by atoms with Crippen LogP contribution in [0.25, 0.3) is 11.5 Å². The van der Waals surface area contributed by atoms with Crippen LogP contribution in [0.3, 0.4) is 0 Å². The third-order valence-corrected chi connectivity index (χ3v) is 6.31. The van der Waals surface area contributed by atoms with Gasteiger partial charge in [-0.25, -0.2) is 8.42 Å². The van der Waals surface area contributed by atoms with Crippen LogP contribution in [0.5, 0.6) is 0 Å². The second-order valence-electron chi connectivity index (χ2n) is 5.81. The summed E-state index contributed by atoms with van der Waals surface area (Å²) >= 11 is 5.26. The molecule has 8 heteroatoms. The van der Waals surface area contributed by atoms with Gasteiger partial charge in [-0.3, -0.25) is 0 Å². The van der Waals surface area contributed by atoms with E-state index in [2.05, 4.69) is 5.10 Å². The summed E-state index contributed by atoms with van der Waals surface area (Å²) < 4.78 is 30.6. The molecule has 1 unspecified atom stereocenters. The standard InChI is InChI=1S/C15H19N3O3S2/c1-2-17(13-8-9-23(19,20)10-13)11-18-15(22)21-14(16-18)12-6-4-3-5-7-12/h3-7,13H,2,8-11H2,1H3/p+1/t13-/m1/s1. The fourth-order valence-corrected chi connectivity index (χ4v) is 4.95.